The van der Waals surface area contributed by atoms with Crippen LogP contribution in [0, 0.1) is 5.92 Å². The maximum Gasteiger partial charge on any atom is 0.128 e. The van der Waals surface area contributed by atoms with Gasteiger partial charge in [-0.3, -0.25) is 0 Å². The molecule has 0 amide bonds. The molecule has 2 fully saturated rings. The Morgan fingerprint density at radius 1 is 1.35 bits per heavy atom. The fourth-order valence-corrected chi connectivity index (χ4v) is 3.75. The molecular formula is C16H26N4. The minimum absolute atomic E-state index is 0.0788. The predicted octanol–water partition coefficient (Wildman–Crippen LogP) is 2.02. The first kappa shape index (κ1) is 13.8. The molecule has 0 aliphatic carbocycles. The lowest BCUT2D eigenvalue weighted by Gasteiger charge is -2.46. The molecule has 2 aliphatic rings. The number of fused-ring (bicyclic) bond motifs is 1. The number of likely N-dealkylation sites (tertiary alicyclic amines) is 1. The van der Waals surface area contributed by atoms with Crippen LogP contribution in [0.4, 0.5) is 5.82 Å². The highest BCUT2D eigenvalue weighted by atomic mass is 15.2. The van der Waals surface area contributed by atoms with E-state index in [1.165, 1.54) is 31.4 Å². The summed E-state index contributed by atoms with van der Waals surface area (Å²) in [5, 5.41) is 0. The first-order chi connectivity index (χ1) is 9.65. The van der Waals surface area contributed by atoms with Crippen molar-refractivity contribution >= 4 is 5.82 Å². The molecule has 1 aromatic heterocycles. The van der Waals surface area contributed by atoms with Crippen molar-refractivity contribution in [1.82, 2.24) is 9.88 Å². The van der Waals surface area contributed by atoms with E-state index in [0.29, 0.717) is 0 Å². The topological polar surface area (TPSA) is 45.4 Å². The van der Waals surface area contributed by atoms with E-state index < -0.39 is 0 Å². The molecule has 3 atom stereocenters. The highest BCUT2D eigenvalue weighted by Crippen LogP contribution is 2.31. The Kier molecular flexibility index (Phi) is 3.94. The third kappa shape index (κ3) is 2.67. The van der Waals surface area contributed by atoms with Crippen molar-refractivity contribution in [2.24, 2.45) is 11.7 Å². The SMILES string of the molecule is C[C@@H](N)c1ccnc(N2CCC3C(CCCN3C)C2)c1. The Morgan fingerprint density at radius 3 is 3.00 bits per heavy atom. The van der Waals surface area contributed by atoms with E-state index in [-0.39, 0.29) is 6.04 Å². The molecule has 20 heavy (non-hydrogen) atoms. The fraction of sp³-hybridized carbons (Fsp3) is 0.688. The van der Waals surface area contributed by atoms with Crippen molar-refractivity contribution in [1.29, 1.82) is 0 Å². The second kappa shape index (κ2) is 5.70. The Hall–Kier alpha value is -1.13. The van der Waals surface area contributed by atoms with Gasteiger partial charge in [-0.15, -0.1) is 0 Å². The van der Waals surface area contributed by atoms with E-state index in [4.69, 9.17) is 5.73 Å². The minimum Gasteiger partial charge on any atom is -0.356 e. The number of nitrogens with two attached hydrogens (primary N) is 1. The summed E-state index contributed by atoms with van der Waals surface area (Å²) >= 11 is 0. The van der Waals surface area contributed by atoms with Crippen molar-refractivity contribution in [3.05, 3.63) is 23.9 Å². The largest absolute Gasteiger partial charge is 0.356 e. The summed E-state index contributed by atoms with van der Waals surface area (Å²) in [4.78, 5) is 9.56. The third-order valence-corrected chi connectivity index (χ3v) is 4.97. The highest BCUT2D eigenvalue weighted by molar-refractivity contribution is 5.42. The van der Waals surface area contributed by atoms with Crippen molar-refractivity contribution in [3.8, 4) is 0 Å². The second-order valence-corrected chi connectivity index (χ2v) is 6.42. The lowest BCUT2D eigenvalue weighted by molar-refractivity contribution is 0.102. The van der Waals surface area contributed by atoms with E-state index in [1.807, 2.05) is 19.2 Å². The smallest absolute Gasteiger partial charge is 0.128 e. The van der Waals surface area contributed by atoms with Gasteiger partial charge in [0.1, 0.15) is 5.82 Å². The molecule has 0 radical (unpaired) electrons. The molecule has 2 N–H and O–H groups in total. The molecule has 0 aromatic carbocycles. The van der Waals surface area contributed by atoms with Gasteiger partial charge in [-0.1, -0.05) is 0 Å². The predicted molar refractivity (Wildman–Crippen MR) is 82.8 cm³/mol. The quantitative estimate of drug-likeness (QED) is 0.896. The van der Waals surface area contributed by atoms with Gasteiger partial charge in [-0.05, 0) is 63.4 Å². The molecule has 4 heteroatoms. The van der Waals surface area contributed by atoms with E-state index in [9.17, 15) is 0 Å². The summed E-state index contributed by atoms with van der Waals surface area (Å²) in [6.07, 6.45) is 5.84. The normalized spacial score (nSPS) is 29.1. The summed E-state index contributed by atoms with van der Waals surface area (Å²) in [6.45, 7) is 5.55. The number of rotatable bonds is 2. The standard InChI is InChI=1S/C16H26N4/c1-12(17)13-5-7-18-16(10-13)20-9-6-15-14(11-20)4-3-8-19(15)2/h5,7,10,12,14-15H,3-4,6,8-9,11,17H2,1-2H3/t12-,14?,15?/m1/s1. The van der Waals surface area contributed by atoms with Gasteiger partial charge in [0, 0.05) is 31.4 Å². The summed E-state index contributed by atoms with van der Waals surface area (Å²) in [5.74, 6) is 1.90. The van der Waals surface area contributed by atoms with Crippen LogP contribution in [0.1, 0.15) is 37.8 Å². The van der Waals surface area contributed by atoms with Crippen LogP contribution < -0.4 is 10.6 Å². The maximum atomic E-state index is 5.98. The van der Waals surface area contributed by atoms with Gasteiger partial charge in [0.05, 0.1) is 0 Å². The molecule has 0 spiro atoms. The lowest BCUT2D eigenvalue weighted by atomic mass is 9.84. The number of hydrogen-bond donors (Lipinski definition) is 1. The molecule has 3 rings (SSSR count). The fourth-order valence-electron chi connectivity index (χ4n) is 3.75. The molecule has 110 valence electrons. The third-order valence-electron chi connectivity index (χ3n) is 4.97. The van der Waals surface area contributed by atoms with E-state index in [2.05, 4.69) is 27.9 Å². The maximum absolute atomic E-state index is 5.98. The Morgan fingerprint density at radius 2 is 2.20 bits per heavy atom. The molecule has 0 bridgehead atoms. The number of aromatic nitrogens is 1. The summed E-state index contributed by atoms with van der Waals surface area (Å²) in [6, 6.07) is 5.04. The Bertz CT molecular complexity index is 460. The van der Waals surface area contributed by atoms with Crippen LogP contribution in [-0.2, 0) is 0 Å². The molecule has 1 aromatic rings. The molecule has 0 saturated carbocycles. The van der Waals surface area contributed by atoms with Gasteiger partial charge in [-0.2, -0.15) is 0 Å². The number of hydrogen-bond acceptors (Lipinski definition) is 4. The Balaban J connectivity index is 1.74. The molecule has 2 saturated heterocycles. The van der Waals surface area contributed by atoms with Gasteiger partial charge in [0.2, 0.25) is 0 Å². The zero-order valence-electron chi connectivity index (χ0n) is 12.6. The van der Waals surface area contributed by atoms with E-state index in [0.717, 1.165) is 30.9 Å². The molecule has 2 unspecified atom stereocenters. The number of anilines is 1. The molecular weight excluding hydrogens is 248 g/mol. The summed E-state index contributed by atoms with van der Waals surface area (Å²) < 4.78 is 0. The van der Waals surface area contributed by atoms with Crippen molar-refractivity contribution in [2.75, 3.05) is 31.6 Å². The van der Waals surface area contributed by atoms with E-state index in [1.54, 1.807) is 0 Å². The van der Waals surface area contributed by atoms with Gasteiger partial charge >= 0.3 is 0 Å². The van der Waals surface area contributed by atoms with Crippen molar-refractivity contribution in [3.63, 3.8) is 0 Å². The lowest BCUT2D eigenvalue weighted by Crippen LogP contribution is -2.52. The second-order valence-electron chi connectivity index (χ2n) is 6.42. The van der Waals surface area contributed by atoms with Gasteiger partial charge in [-0.25, -0.2) is 4.98 Å². The van der Waals surface area contributed by atoms with Crippen molar-refractivity contribution in [2.45, 2.75) is 38.3 Å². The number of nitrogens with zero attached hydrogens (tertiary/aromatic N) is 3. The summed E-state index contributed by atoms with van der Waals surface area (Å²) in [7, 11) is 2.28. The van der Waals surface area contributed by atoms with Crippen LogP contribution in [0.15, 0.2) is 18.3 Å². The van der Waals surface area contributed by atoms with Crippen LogP contribution in [0.3, 0.4) is 0 Å². The van der Waals surface area contributed by atoms with Gasteiger partial charge in [0.25, 0.3) is 0 Å². The number of pyridine rings is 1. The summed E-state index contributed by atoms with van der Waals surface area (Å²) in [5.41, 5.74) is 7.16. The van der Waals surface area contributed by atoms with Crippen molar-refractivity contribution < 1.29 is 0 Å². The van der Waals surface area contributed by atoms with Crippen LogP contribution >= 0.6 is 0 Å². The van der Waals surface area contributed by atoms with Crippen LogP contribution in [-0.4, -0.2) is 42.6 Å². The van der Waals surface area contributed by atoms with Gasteiger partial charge in [0.15, 0.2) is 0 Å². The van der Waals surface area contributed by atoms with Gasteiger partial charge < -0.3 is 15.5 Å². The van der Waals surface area contributed by atoms with E-state index >= 15 is 0 Å². The molecule has 3 heterocycles. The van der Waals surface area contributed by atoms with Crippen LogP contribution in [0.25, 0.3) is 0 Å². The van der Waals surface area contributed by atoms with Crippen LogP contribution in [0.5, 0.6) is 0 Å². The zero-order valence-corrected chi connectivity index (χ0v) is 12.6. The monoisotopic (exact) mass is 274 g/mol. The van der Waals surface area contributed by atoms with Crippen LogP contribution in [0.2, 0.25) is 0 Å². The highest BCUT2D eigenvalue weighted by Gasteiger charge is 2.34. The first-order valence-corrected chi connectivity index (χ1v) is 7.82. The molecule has 4 nitrogen and oxygen atoms in total. The average molecular weight is 274 g/mol. The average Bonchev–Trinajstić information content (AvgIpc) is 2.47. The molecule has 2 aliphatic heterocycles. The first-order valence-electron chi connectivity index (χ1n) is 7.82. The Labute approximate surface area is 122 Å². The zero-order chi connectivity index (χ0) is 14.1. The number of piperidine rings is 2. The minimum atomic E-state index is 0.0788.